The van der Waals surface area contributed by atoms with Gasteiger partial charge >= 0.3 is 11.7 Å². The van der Waals surface area contributed by atoms with Crippen molar-refractivity contribution >= 4 is 21.7 Å². The molecule has 0 aliphatic rings. The molecule has 2 aromatic rings. The van der Waals surface area contributed by atoms with Crippen LogP contribution in [0.15, 0.2) is 47.4 Å². The molecule has 0 aliphatic carbocycles. The van der Waals surface area contributed by atoms with E-state index in [2.05, 4.69) is 4.74 Å². The third-order valence-electron chi connectivity index (χ3n) is 3.95. The van der Waals surface area contributed by atoms with E-state index in [0.717, 1.165) is 6.07 Å². The largest absolute Gasteiger partial charge is 0.465 e. The van der Waals surface area contributed by atoms with Gasteiger partial charge in [0.05, 0.1) is 22.5 Å². The van der Waals surface area contributed by atoms with Crippen molar-refractivity contribution in [2.45, 2.75) is 18.7 Å². The number of benzene rings is 2. The number of hydrogen-bond donors (Lipinski definition) is 0. The zero-order chi connectivity index (χ0) is 20.9. The smallest absolute Gasteiger partial charge is 0.337 e. The maximum absolute atomic E-state index is 12.6. The molecule has 0 heterocycles. The van der Waals surface area contributed by atoms with Crippen molar-refractivity contribution in [3.05, 3.63) is 58.1 Å². The van der Waals surface area contributed by atoms with E-state index in [1.54, 1.807) is 13.8 Å². The zero-order valence-corrected chi connectivity index (χ0v) is 16.4. The van der Waals surface area contributed by atoms with Crippen LogP contribution in [0.1, 0.15) is 24.2 Å². The molecule has 0 fully saturated rings. The number of carbonyl (C=O) groups excluding carboxylic acids is 1. The van der Waals surface area contributed by atoms with Crippen LogP contribution in [0.5, 0.6) is 11.5 Å². The lowest BCUT2D eigenvalue weighted by Gasteiger charge is -2.18. The summed E-state index contributed by atoms with van der Waals surface area (Å²) in [6.07, 6.45) is 0. The van der Waals surface area contributed by atoms with Gasteiger partial charge < -0.3 is 9.47 Å². The molecule has 0 unspecified atom stereocenters. The molecule has 0 bridgehead atoms. The number of hydrogen-bond acceptors (Lipinski definition) is 7. The van der Waals surface area contributed by atoms with Crippen LogP contribution in [-0.4, -0.2) is 43.8 Å². The van der Waals surface area contributed by atoms with Crippen LogP contribution >= 0.6 is 0 Å². The molecule has 0 saturated carbocycles. The molecule has 9 nitrogen and oxygen atoms in total. The standard InChI is InChI=1S/C18H20N2O7S/c1-4-19(5-2)28(24,25)15-9-10-17(16(12-15)20(22)23)27-14-8-6-7-13(11-14)18(21)26-3/h6-12H,4-5H2,1-3H3. The predicted octanol–water partition coefficient (Wildman–Crippen LogP) is 3.20. The first-order valence-electron chi connectivity index (χ1n) is 8.39. The minimum absolute atomic E-state index is 0.148. The maximum atomic E-state index is 12.6. The Morgan fingerprint density at radius 3 is 2.39 bits per heavy atom. The lowest BCUT2D eigenvalue weighted by molar-refractivity contribution is -0.385. The normalized spacial score (nSPS) is 11.3. The van der Waals surface area contributed by atoms with Gasteiger partial charge in [-0.1, -0.05) is 19.9 Å². The molecule has 150 valence electrons. The van der Waals surface area contributed by atoms with Gasteiger partial charge in [-0.05, 0) is 30.3 Å². The molecule has 0 aliphatic heterocycles. The van der Waals surface area contributed by atoms with Crippen LogP contribution in [0.25, 0.3) is 0 Å². The van der Waals surface area contributed by atoms with E-state index in [-0.39, 0.29) is 35.0 Å². The summed E-state index contributed by atoms with van der Waals surface area (Å²) in [5.74, 6) is -0.559. The fourth-order valence-corrected chi connectivity index (χ4v) is 4.01. The molecule has 0 saturated heterocycles. The zero-order valence-electron chi connectivity index (χ0n) is 15.6. The fourth-order valence-electron chi connectivity index (χ4n) is 2.53. The average molecular weight is 408 g/mol. The van der Waals surface area contributed by atoms with Gasteiger partial charge in [0.2, 0.25) is 15.8 Å². The topological polar surface area (TPSA) is 116 Å². The Hall–Kier alpha value is -2.98. The van der Waals surface area contributed by atoms with Crippen LogP contribution in [0.2, 0.25) is 0 Å². The summed E-state index contributed by atoms with van der Waals surface area (Å²) in [4.78, 5) is 22.2. The lowest BCUT2D eigenvalue weighted by Crippen LogP contribution is -2.30. The summed E-state index contributed by atoms with van der Waals surface area (Å²) in [7, 11) is -2.62. The second-order valence-corrected chi connectivity index (χ2v) is 7.54. The molecule has 0 amide bonds. The van der Waals surface area contributed by atoms with Crippen molar-refractivity contribution in [2.75, 3.05) is 20.2 Å². The fraction of sp³-hybridized carbons (Fsp3) is 0.278. The molecular formula is C18H20N2O7S. The Balaban J connectivity index is 2.45. The van der Waals surface area contributed by atoms with E-state index >= 15 is 0 Å². The molecule has 0 radical (unpaired) electrons. The van der Waals surface area contributed by atoms with Gasteiger partial charge in [-0.15, -0.1) is 0 Å². The van der Waals surface area contributed by atoms with Gasteiger partial charge in [0.1, 0.15) is 5.75 Å². The summed E-state index contributed by atoms with van der Waals surface area (Å²) >= 11 is 0. The van der Waals surface area contributed by atoms with Crippen LogP contribution < -0.4 is 4.74 Å². The highest BCUT2D eigenvalue weighted by Gasteiger charge is 2.26. The highest BCUT2D eigenvalue weighted by Crippen LogP contribution is 2.34. The van der Waals surface area contributed by atoms with Crippen molar-refractivity contribution in [1.82, 2.24) is 4.31 Å². The minimum Gasteiger partial charge on any atom is -0.465 e. The minimum atomic E-state index is -3.86. The molecule has 0 atom stereocenters. The van der Waals surface area contributed by atoms with Crippen molar-refractivity contribution in [3.8, 4) is 11.5 Å². The van der Waals surface area contributed by atoms with E-state index in [1.807, 2.05) is 0 Å². The molecule has 28 heavy (non-hydrogen) atoms. The number of nitro benzene ring substituents is 1. The Morgan fingerprint density at radius 1 is 1.14 bits per heavy atom. The number of esters is 1. The first-order chi connectivity index (χ1) is 13.2. The number of sulfonamides is 1. The molecule has 2 rings (SSSR count). The average Bonchev–Trinajstić information content (AvgIpc) is 2.68. The van der Waals surface area contributed by atoms with Crippen molar-refractivity contribution in [1.29, 1.82) is 0 Å². The molecule has 2 aromatic carbocycles. The van der Waals surface area contributed by atoms with E-state index in [4.69, 9.17) is 4.74 Å². The van der Waals surface area contributed by atoms with E-state index in [9.17, 15) is 23.3 Å². The quantitative estimate of drug-likeness (QED) is 0.374. The van der Waals surface area contributed by atoms with Crippen LogP contribution in [0.4, 0.5) is 5.69 Å². The summed E-state index contributed by atoms with van der Waals surface area (Å²) in [5, 5.41) is 11.5. The molecular weight excluding hydrogens is 388 g/mol. The molecule has 10 heteroatoms. The van der Waals surface area contributed by atoms with Crippen LogP contribution in [0, 0.1) is 10.1 Å². The first kappa shape index (κ1) is 21.3. The maximum Gasteiger partial charge on any atom is 0.337 e. The lowest BCUT2D eigenvalue weighted by atomic mass is 10.2. The highest BCUT2D eigenvalue weighted by atomic mass is 32.2. The van der Waals surface area contributed by atoms with Crippen molar-refractivity contribution < 1.29 is 27.6 Å². The first-order valence-corrected chi connectivity index (χ1v) is 9.83. The van der Waals surface area contributed by atoms with Gasteiger partial charge in [0, 0.05) is 19.2 Å². The molecule has 0 spiro atoms. The van der Waals surface area contributed by atoms with Crippen LogP contribution in [-0.2, 0) is 14.8 Å². The van der Waals surface area contributed by atoms with Gasteiger partial charge in [0.25, 0.3) is 0 Å². The second-order valence-electron chi connectivity index (χ2n) is 5.60. The van der Waals surface area contributed by atoms with E-state index in [0.29, 0.717) is 0 Å². The third kappa shape index (κ3) is 4.46. The van der Waals surface area contributed by atoms with Gasteiger partial charge in [-0.25, -0.2) is 13.2 Å². The molecule has 0 N–H and O–H groups in total. The van der Waals surface area contributed by atoms with E-state index < -0.39 is 26.6 Å². The monoisotopic (exact) mass is 408 g/mol. The summed E-state index contributed by atoms with van der Waals surface area (Å²) in [6, 6.07) is 9.36. The van der Waals surface area contributed by atoms with Crippen molar-refractivity contribution in [2.24, 2.45) is 0 Å². The Morgan fingerprint density at radius 2 is 1.82 bits per heavy atom. The Kier molecular flexibility index (Phi) is 6.71. The van der Waals surface area contributed by atoms with Crippen LogP contribution in [0.3, 0.4) is 0 Å². The Labute approximate surface area is 162 Å². The number of ether oxygens (including phenoxy) is 2. The second kappa shape index (κ2) is 8.81. The van der Waals surface area contributed by atoms with Gasteiger partial charge in [-0.2, -0.15) is 4.31 Å². The molecule has 0 aromatic heterocycles. The van der Waals surface area contributed by atoms with E-state index in [1.165, 1.54) is 47.8 Å². The number of nitrogens with zero attached hydrogens (tertiary/aromatic N) is 2. The number of methoxy groups -OCH3 is 1. The van der Waals surface area contributed by atoms with Gasteiger partial charge in [0.15, 0.2) is 0 Å². The number of rotatable bonds is 8. The summed E-state index contributed by atoms with van der Waals surface area (Å²) in [5.41, 5.74) is -0.292. The van der Waals surface area contributed by atoms with Crippen molar-refractivity contribution in [3.63, 3.8) is 0 Å². The third-order valence-corrected chi connectivity index (χ3v) is 6.00. The number of nitro groups is 1. The highest BCUT2D eigenvalue weighted by molar-refractivity contribution is 7.89. The number of carbonyl (C=O) groups is 1. The summed E-state index contributed by atoms with van der Waals surface area (Å²) < 4.78 is 36.6. The predicted molar refractivity (Wildman–Crippen MR) is 101 cm³/mol. The van der Waals surface area contributed by atoms with Gasteiger partial charge in [-0.3, -0.25) is 10.1 Å². The SMILES string of the molecule is CCN(CC)S(=O)(=O)c1ccc(Oc2cccc(C(=O)OC)c2)c([N+](=O)[O-])c1. The summed E-state index contributed by atoms with van der Waals surface area (Å²) in [6.45, 7) is 3.85. The Bertz CT molecular complexity index is 985.